The first-order valence-electron chi connectivity index (χ1n) is 8.02. The molecule has 0 aromatic heterocycles. The van der Waals surface area contributed by atoms with E-state index in [9.17, 15) is 0 Å². The molecule has 1 atom stereocenters. The van der Waals surface area contributed by atoms with Gasteiger partial charge < -0.3 is 9.80 Å². The number of hydrogen-bond acceptors (Lipinski definition) is 4. The first-order chi connectivity index (χ1) is 10.8. The number of para-hydroxylation sites is 1. The van der Waals surface area contributed by atoms with Gasteiger partial charge >= 0.3 is 0 Å². The summed E-state index contributed by atoms with van der Waals surface area (Å²) in [5.41, 5.74) is 1.15. The molecule has 0 aliphatic heterocycles. The van der Waals surface area contributed by atoms with Crippen molar-refractivity contribution in [2.45, 2.75) is 20.3 Å². The van der Waals surface area contributed by atoms with E-state index in [0.29, 0.717) is 0 Å². The van der Waals surface area contributed by atoms with Gasteiger partial charge in [0.2, 0.25) is 0 Å². The van der Waals surface area contributed by atoms with Gasteiger partial charge in [0.05, 0.1) is 12.7 Å². The van der Waals surface area contributed by atoms with Gasteiger partial charge in [-0.15, -0.1) is 0 Å². The molecule has 128 valence electrons. The van der Waals surface area contributed by atoms with Crippen molar-refractivity contribution in [3.63, 3.8) is 0 Å². The largest absolute Gasteiger partial charge is 0.359 e. The second-order valence-corrected chi connectivity index (χ2v) is 6.61. The van der Waals surface area contributed by atoms with Crippen LogP contribution >= 0.6 is 0 Å². The molecule has 0 bridgehead atoms. The van der Waals surface area contributed by atoms with Crippen molar-refractivity contribution in [2.75, 3.05) is 46.3 Å². The minimum Gasteiger partial charge on any atom is -0.359 e. The van der Waals surface area contributed by atoms with E-state index in [1.54, 1.807) is 12.1 Å². The summed E-state index contributed by atoms with van der Waals surface area (Å²) in [6.07, 6.45) is 1.10. The maximum Gasteiger partial charge on any atom is 0.124 e. The van der Waals surface area contributed by atoms with E-state index >= 15 is 0 Å². The van der Waals surface area contributed by atoms with Crippen molar-refractivity contribution in [1.29, 1.82) is 0 Å². The van der Waals surface area contributed by atoms with E-state index < -0.39 is 0 Å². The summed E-state index contributed by atoms with van der Waals surface area (Å²) in [5, 5.41) is 9.96. The molecule has 0 amide bonds. The molecule has 1 aromatic carbocycles. The first-order valence-corrected chi connectivity index (χ1v) is 8.02. The Morgan fingerprint density at radius 1 is 1.13 bits per heavy atom. The standard InChI is InChI=1S/C18H31N5/c1-8-18(3,14-21(5)6)15-22(7)16(2)23(20-19-4)17-12-10-9-11-13-17/h9-13H,2,8,14-15H2,1,3-7H3. The molecule has 1 rings (SSSR count). The zero-order chi connectivity index (χ0) is 17.5. The maximum atomic E-state index is 4.24. The van der Waals surface area contributed by atoms with E-state index in [0.717, 1.165) is 31.0 Å². The Hall–Kier alpha value is -1.88. The highest BCUT2D eigenvalue weighted by Crippen LogP contribution is 2.27. The van der Waals surface area contributed by atoms with Gasteiger partial charge in [-0.2, -0.15) is 10.1 Å². The van der Waals surface area contributed by atoms with E-state index in [2.05, 4.69) is 61.7 Å². The summed E-state index contributed by atoms with van der Waals surface area (Å²) in [5.74, 6) is 0.820. The van der Waals surface area contributed by atoms with Gasteiger partial charge in [0.25, 0.3) is 0 Å². The Morgan fingerprint density at radius 3 is 2.22 bits per heavy atom. The molecule has 0 radical (unpaired) electrons. The molecule has 0 heterocycles. The van der Waals surface area contributed by atoms with Crippen molar-refractivity contribution in [3.8, 4) is 0 Å². The summed E-state index contributed by atoms with van der Waals surface area (Å²) in [6.45, 7) is 10.7. The Balaban J connectivity index is 2.91. The second kappa shape index (κ2) is 8.67. The molecule has 1 aromatic rings. The zero-order valence-electron chi connectivity index (χ0n) is 15.5. The van der Waals surface area contributed by atoms with Gasteiger partial charge in [-0.3, -0.25) is 0 Å². The topological polar surface area (TPSA) is 34.4 Å². The van der Waals surface area contributed by atoms with Crippen molar-refractivity contribution in [1.82, 2.24) is 9.80 Å². The lowest BCUT2D eigenvalue weighted by Gasteiger charge is -2.38. The van der Waals surface area contributed by atoms with Crippen molar-refractivity contribution in [2.24, 2.45) is 15.8 Å². The monoisotopic (exact) mass is 317 g/mol. The fourth-order valence-corrected chi connectivity index (χ4v) is 2.77. The third-order valence-electron chi connectivity index (χ3n) is 4.04. The highest BCUT2D eigenvalue weighted by molar-refractivity contribution is 5.49. The number of anilines is 1. The fraction of sp³-hybridized carbons (Fsp3) is 0.556. The van der Waals surface area contributed by atoms with Crippen LogP contribution in [0.25, 0.3) is 0 Å². The molecule has 0 N–H and O–H groups in total. The second-order valence-electron chi connectivity index (χ2n) is 6.61. The third-order valence-corrected chi connectivity index (χ3v) is 4.04. The van der Waals surface area contributed by atoms with Crippen LogP contribution in [-0.4, -0.2) is 51.1 Å². The molecule has 1 unspecified atom stereocenters. The molecule has 5 heteroatoms. The summed E-state index contributed by atoms with van der Waals surface area (Å²) < 4.78 is 0. The van der Waals surface area contributed by atoms with Crippen LogP contribution in [0.5, 0.6) is 0 Å². The minimum atomic E-state index is 0.187. The van der Waals surface area contributed by atoms with Crippen molar-refractivity contribution < 1.29 is 0 Å². The maximum absolute atomic E-state index is 4.24. The van der Waals surface area contributed by atoms with Gasteiger partial charge in [-0.05, 0) is 38.1 Å². The average molecular weight is 317 g/mol. The quantitative estimate of drug-likeness (QED) is 0.512. The zero-order valence-corrected chi connectivity index (χ0v) is 15.5. The van der Waals surface area contributed by atoms with E-state index in [1.807, 2.05) is 30.3 Å². The molecule has 0 fully saturated rings. The van der Waals surface area contributed by atoms with Crippen LogP contribution in [0.1, 0.15) is 20.3 Å². The SMILES string of the molecule is C=C(N(C)CC(C)(CC)CN(C)C)N(N=NC)c1ccccc1. The number of hydrogen-bond donors (Lipinski definition) is 0. The van der Waals surface area contributed by atoms with Crippen LogP contribution in [0.4, 0.5) is 5.69 Å². The molecule has 0 saturated carbocycles. The van der Waals surface area contributed by atoms with E-state index in [-0.39, 0.29) is 5.41 Å². The van der Waals surface area contributed by atoms with E-state index in [1.165, 1.54) is 0 Å². The molecule has 0 aliphatic rings. The predicted molar refractivity (Wildman–Crippen MR) is 98.4 cm³/mol. The van der Waals surface area contributed by atoms with Gasteiger partial charge in [0, 0.05) is 20.1 Å². The van der Waals surface area contributed by atoms with Crippen LogP contribution in [0.3, 0.4) is 0 Å². The Bertz CT molecular complexity index is 511. The van der Waals surface area contributed by atoms with Crippen LogP contribution in [0.15, 0.2) is 53.1 Å². The molecule has 5 nitrogen and oxygen atoms in total. The summed E-state index contributed by atoms with van der Waals surface area (Å²) in [7, 11) is 7.97. The van der Waals surface area contributed by atoms with Gasteiger partial charge in [-0.1, -0.05) is 43.8 Å². The normalized spacial score (nSPS) is 14.0. The number of benzene rings is 1. The Morgan fingerprint density at radius 2 is 1.74 bits per heavy atom. The predicted octanol–water partition coefficient (Wildman–Crippen LogP) is 3.87. The van der Waals surface area contributed by atoms with Crippen LogP contribution in [0.2, 0.25) is 0 Å². The molecular formula is C18H31N5. The van der Waals surface area contributed by atoms with Crippen molar-refractivity contribution >= 4 is 5.69 Å². The molecule has 0 spiro atoms. The van der Waals surface area contributed by atoms with Gasteiger partial charge in [0.15, 0.2) is 0 Å². The minimum absolute atomic E-state index is 0.187. The molecule has 0 saturated heterocycles. The summed E-state index contributed by atoms with van der Waals surface area (Å²) in [4.78, 5) is 4.40. The van der Waals surface area contributed by atoms with Crippen molar-refractivity contribution in [3.05, 3.63) is 42.7 Å². The Labute approximate surface area is 141 Å². The lowest BCUT2D eigenvalue weighted by Crippen LogP contribution is -2.42. The summed E-state index contributed by atoms with van der Waals surface area (Å²) in [6, 6.07) is 9.98. The average Bonchev–Trinajstić information content (AvgIpc) is 2.52. The number of nitrogens with zero attached hydrogens (tertiary/aromatic N) is 5. The van der Waals surface area contributed by atoms with Gasteiger partial charge in [-0.25, -0.2) is 0 Å². The smallest absolute Gasteiger partial charge is 0.124 e. The lowest BCUT2D eigenvalue weighted by atomic mass is 9.86. The fourth-order valence-electron chi connectivity index (χ4n) is 2.77. The van der Waals surface area contributed by atoms with E-state index in [4.69, 9.17) is 0 Å². The molecule has 23 heavy (non-hydrogen) atoms. The van der Waals surface area contributed by atoms with Crippen LogP contribution in [0, 0.1) is 5.41 Å². The first kappa shape index (κ1) is 19.2. The lowest BCUT2D eigenvalue weighted by molar-refractivity contribution is 0.158. The van der Waals surface area contributed by atoms with Crippen LogP contribution in [-0.2, 0) is 0 Å². The highest BCUT2D eigenvalue weighted by atomic mass is 15.6. The Kier molecular flexibility index (Phi) is 7.23. The molecular weight excluding hydrogens is 286 g/mol. The highest BCUT2D eigenvalue weighted by Gasteiger charge is 2.27. The third kappa shape index (κ3) is 5.67. The number of rotatable bonds is 9. The molecule has 0 aliphatic carbocycles. The van der Waals surface area contributed by atoms with Gasteiger partial charge in [0.1, 0.15) is 5.82 Å². The summed E-state index contributed by atoms with van der Waals surface area (Å²) >= 11 is 0. The van der Waals surface area contributed by atoms with Crippen LogP contribution < -0.4 is 5.01 Å².